The van der Waals surface area contributed by atoms with E-state index in [9.17, 15) is 10.5 Å². The highest BCUT2D eigenvalue weighted by atomic mass is 15.0. The summed E-state index contributed by atoms with van der Waals surface area (Å²) in [5.74, 6) is 0. The average Bonchev–Trinajstić information content (AvgIpc) is 3.13. The van der Waals surface area contributed by atoms with Gasteiger partial charge in [0.15, 0.2) is 0 Å². The highest BCUT2D eigenvalue weighted by molar-refractivity contribution is 6.09. The van der Waals surface area contributed by atoms with E-state index in [1.807, 2.05) is 48.5 Å². The fourth-order valence-electron chi connectivity index (χ4n) is 4.10. The zero-order valence-electron chi connectivity index (χ0n) is 16.3. The predicted octanol–water partition coefficient (Wildman–Crippen LogP) is 5.90. The number of hydrogen-bond acceptors (Lipinski definition) is 3. The van der Waals surface area contributed by atoms with Gasteiger partial charge in [0.1, 0.15) is 0 Å². The van der Waals surface area contributed by atoms with Crippen LogP contribution in [0.4, 0.5) is 0 Å². The summed E-state index contributed by atoms with van der Waals surface area (Å²) in [6.45, 7) is 2.06. The van der Waals surface area contributed by atoms with E-state index in [1.165, 1.54) is 0 Å². The molecule has 0 N–H and O–H groups in total. The first kappa shape index (κ1) is 17.7. The molecule has 4 heteroatoms. The van der Waals surface area contributed by atoms with Crippen LogP contribution in [-0.2, 0) is 0 Å². The Hall–Kier alpha value is -4.41. The maximum Gasteiger partial charge on any atom is 0.0998 e. The number of aryl methyl sites for hydroxylation is 1. The molecule has 0 bridgehead atoms. The van der Waals surface area contributed by atoms with E-state index in [-0.39, 0.29) is 0 Å². The third-order valence-electron chi connectivity index (χ3n) is 5.49. The zero-order chi connectivity index (χ0) is 20.7. The lowest BCUT2D eigenvalue weighted by Crippen LogP contribution is -1.99. The van der Waals surface area contributed by atoms with Crippen molar-refractivity contribution < 1.29 is 0 Å². The predicted molar refractivity (Wildman–Crippen MR) is 118 cm³/mol. The molecular weight excluding hydrogens is 368 g/mol. The van der Waals surface area contributed by atoms with Crippen LogP contribution in [0, 0.1) is 29.6 Å². The van der Waals surface area contributed by atoms with Crippen LogP contribution in [0.5, 0.6) is 0 Å². The van der Waals surface area contributed by atoms with Crippen molar-refractivity contribution >= 4 is 21.8 Å². The van der Waals surface area contributed by atoms with Gasteiger partial charge in [0.25, 0.3) is 0 Å². The number of fused-ring (bicyclic) bond motifs is 3. The van der Waals surface area contributed by atoms with Gasteiger partial charge in [0.05, 0.1) is 40.0 Å². The van der Waals surface area contributed by atoms with E-state index in [0.29, 0.717) is 11.1 Å². The molecule has 0 spiro atoms. The summed E-state index contributed by atoms with van der Waals surface area (Å²) in [5.41, 5.74) is 7.19. The third-order valence-corrected chi connectivity index (χ3v) is 5.49. The maximum atomic E-state index is 9.88. The number of rotatable bonds is 2. The fraction of sp³-hybridized carbons (Fsp3) is 0.0385. The molecule has 140 valence electrons. The van der Waals surface area contributed by atoms with Gasteiger partial charge in [-0.05, 0) is 72.1 Å². The second kappa shape index (κ2) is 6.88. The molecule has 0 aliphatic heterocycles. The molecule has 0 atom stereocenters. The average molecular weight is 384 g/mol. The second-order valence-corrected chi connectivity index (χ2v) is 7.23. The van der Waals surface area contributed by atoms with Crippen molar-refractivity contribution in [1.29, 1.82) is 10.5 Å². The number of pyridine rings is 1. The molecule has 2 aromatic heterocycles. The molecule has 0 aliphatic rings. The van der Waals surface area contributed by atoms with E-state index >= 15 is 0 Å². The molecule has 0 unspecified atom stereocenters. The van der Waals surface area contributed by atoms with E-state index in [2.05, 4.69) is 46.8 Å². The van der Waals surface area contributed by atoms with E-state index in [0.717, 1.165) is 44.2 Å². The highest BCUT2D eigenvalue weighted by Crippen LogP contribution is 2.35. The number of nitriles is 2. The number of benzene rings is 3. The fourth-order valence-corrected chi connectivity index (χ4v) is 4.10. The smallest absolute Gasteiger partial charge is 0.0998 e. The van der Waals surface area contributed by atoms with Crippen LogP contribution in [0.2, 0.25) is 0 Å². The second-order valence-electron chi connectivity index (χ2n) is 7.23. The lowest BCUT2D eigenvalue weighted by atomic mass is 9.97. The van der Waals surface area contributed by atoms with Gasteiger partial charge >= 0.3 is 0 Å². The lowest BCUT2D eigenvalue weighted by molar-refractivity contribution is 1.15. The van der Waals surface area contributed by atoms with E-state index in [1.54, 1.807) is 12.4 Å². The number of aromatic nitrogens is 2. The van der Waals surface area contributed by atoms with Crippen LogP contribution in [0.25, 0.3) is 38.6 Å². The SMILES string of the molecule is Cc1cc(-c2ccncc2)c(C#N)cc1-n1c2ccccc2c2cc(C#N)ccc21. The van der Waals surface area contributed by atoms with Crippen LogP contribution in [0.3, 0.4) is 0 Å². The van der Waals surface area contributed by atoms with Crippen LogP contribution < -0.4 is 0 Å². The highest BCUT2D eigenvalue weighted by Gasteiger charge is 2.16. The first-order valence-electron chi connectivity index (χ1n) is 9.60. The van der Waals surface area contributed by atoms with Crippen molar-refractivity contribution in [1.82, 2.24) is 9.55 Å². The van der Waals surface area contributed by atoms with Gasteiger partial charge in [-0.2, -0.15) is 10.5 Å². The molecule has 30 heavy (non-hydrogen) atoms. The zero-order valence-corrected chi connectivity index (χ0v) is 16.3. The monoisotopic (exact) mass is 384 g/mol. The first-order valence-corrected chi connectivity index (χ1v) is 9.60. The Labute approximate surface area is 173 Å². The Bertz CT molecular complexity index is 1510. The molecule has 0 saturated heterocycles. The lowest BCUT2D eigenvalue weighted by Gasteiger charge is -2.14. The van der Waals surface area contributed by atoms with Crippen LogP contribution >= 0.6 is 0 Å². The minimum Gasteiger partial charge on any atom is -0.309 e. The molecule has 0 aliphatic carbocycles. The van der Waals surface area contributed by atoms with Gasteiger partial charge in [0, 0.05) is 23.2 Å². The van der Waals surface area contributed by atoms with Crippen molar-refractivity contribution in [2.75, 3.05) is 0 Å². The Morgan fingerprint density at radius 1 is 0.800 bits per heavy atom. The van der Waals surface area contributed by atoms with Gasteiger partial charge in [-0.3, -0.25) is 4.98 Å². The van der Waals surface area contributed by atoms with Gasteiger partial charge in [-0.15, -0.1) is 0 Å². The van der Waals surface area contributed by atoms with Crippen molar-refractivity contribution in [2.45, 2.75) is 6.92 Å². The molecule has 2 heterocycles. The molecule has 0 saturated carbocycles. The minimum atomic E-state index is 0.612. The molecular formula is C26H16N4. The van der Waals surface area contributed by atoms with E-state index in [4.69, 9.17) is 0 Å². The summed E-state index contributed by atoms with van der Waals surface area (Å²) in [6.07, 6.45) is 3.47. The normalized spacial score (nSPS) is 10.8. The Balaban J connectivity index is 1.85. The standard InChI is InChI=1S/C26H16N4/c1-17-12-22(19-8-10-29-11-9-19)20(16-28)14-26(17)30-24-5-3-2-4-21(24)23-13-18(15-27)6-7-25(23)30/h2-14H,1H3. The summed E-state index contributed by atoms with van der Waals surface area (Å²) in [7, 11) is 0. The Morgan fingerprint density at radius 3 is 2.33 bits per heavy atom. The van der Waals surface area contributed by atoms with Crippen LogP contribution in [0.15, 0.2) is 79.1 Å². The number of nitrogens with zero attached hydrogens (tertiary/aromatic N) is 4. The summed E-state index contributed by atoms with van der Waals surface area (Å²) in [5, 5.41) is 21.3. The van der Waals surface area contributed by atoms with Crippen molar-refractivity contribution in [3.63, 3.8) is 0 Å². The van der Waals surface area contributed by atoms with Gasteiger partial charge in [0.2, 0.25) is 0 Å². The summed E-state index contributed by atoms with van der Waals surface area (Å²) < 4.78 is 2.18. The van der Waals surface area contributed by atoms with Crippen LogP contribution in [0.1, 0.15) is 16.7 Å². The van der Waals surface area contributed by atoms with Crippen LogP contribution in [-0.4, -0.2) is 9.55 Å². The number of hydrogen-bond donors (Lipinski definition) is 0. The van der Waals surface area contributed by atoms with Crippen molar-refractivity contribution in [2.24, 2.45) is 0 Å². The van der Waals surface area contributed by atoms with Gasteiger partial charge in [-0.25, -0.2) is 0 Å². The third kappa shape index (κ3) is 2.64. The molecule has 0 amide bonds. The quantitative estimate of drug-likeness (QED) is 0.381. The summed E-state index contributed by atoms with van der Waals surface area (Å²) >= 11 is 0. The van der Waals surface area contributed by atoms with E-state index < -0.39 is 0 Å². The van der Waals surface area contributed by atoms with Crippen molar-refractivity contribution in [3.8, 4) is 29.0 Å². The molecule has 0 radical (unpaired) electrons. The molecule has 0 fully saturated rings. The number of para-hydroxylation sites is 1. The maximum absolute atomic E-state index is 9.88. The topological polar surface area (TPSA) is 65.4 Å². The molecule has 5 aromatic rings. The van der Waals surface area contributed by atoms with Gasteiger partial charge in [-0.1, -0.05) is 18.2 Å². The minimum absolute atomic E-state index is 0.612. The van der Waals surface area contributed by atoms with Crippen molar-refractivity contribution in [3.05, 3.63) is 95.8 Å². The Morgan fingerprint density at radius 2 is 1.57 bits per heavy atom. The van der Waals surface area contributed by atoms with Gasteiger partial charge < -0.3 is 4.57 Å². The largest absolute Gasteiger partial charge is 0.309 e. The summed E-state index contributed by atoms with van der Waals surface area (Å²) in [4.78, 5) is 4.08. The summed E-state index contributed by atoms with van der Waals surface area (Å²) in [6, 6.07) is 26.3. The Kier molecular flexibility index (Phi) is 4.05. The molecule has 5 rings (SSSR count). The molecule has 4 nitrogen and oxygen atoms in total. The molecule has 3 aromatic carbocycles. The first-order chi connectivity index (χ1) is 14.7.